The van der Waals surface area contributed by atoms with E-state index in [2.05, 4.69) is 15.6 Å². The average molecular weight is 398 g/mol. The number of fused-ring (bicyclic) bond motifs is 1. The van der Waals surface area contributed by atoms with Gasteiger partial charge in [0, 0.05) is 30.4 Å². The SMILES string of the molecule is Cn1ccc(C(=O)NCC(=O)Nc2nc(-c3ccc4c(c3)OCCO4)cs2)c1. The lowest BCUT2D eigenvalue weighted by atomic mass is 10.1. The molecule has 2 aromatic heterocycles. The highest BCUT2D eigenvalue weighted by Gasteiger charge is 2.15. The Kier molecular flexibility index (Phi) is 4.98. The number of benzene rings is 1. The van der Waals surface area contributed by atoms with Crippen molar-refractivity contribution in [2.75, 3.05) is 25.1 Å². The van der Waals surface area contributed by atoms with Gasteiger partial charge in [0.2, 0.25) is 5.91 Å². The summed E-state index contributed by atoms with van der Waals surface area (Å²) in [5.74, 6) is 0.762. The number of ether oxygens (including phenoxy) is 2. The van der Waals surface area contributed by atoms with E-state index in [9.17, 15) is 9.59 Å². The summed E-state index contributed by atoms with van der Waals surface area (Å²) >= 11 is 1.31. The van der Waals surface area contributed by atoms with Gasteiger partial charge in [-0.1, -0.05) is 0 Å². The number of thiazole rings is 1. The van der Waals surface area contributed by atoms with Crippen molar-refractivity contribution >= 4 is 28.3 Å². The number of aromatic nitrogens is 2. The quantitative estimate of drug-likeness (QED) is 0.688. The number of nitrogens with one attached hydrogen (secondary N) is 2. The van der Waals surface area contributed by atoms with E-state index in [0.717, 1.165) is 11.3 Å². The second-order valence-electron chi connectivity index (χ2n) is 6.19. The average Bonchev–Trinajstić information content (AvgIpc) is 3.35. The Morgan fingerprint density at radius 1 is 1.21 bits per heavy atom. The molecule has 144 valence electrons. The number of aryl methyl sites for hydroxylation is 1. The highest BCUT2D eigenvalue weighted by molar-refractivity contribution is 7.14. The largest absolute Gasteiger partial charge is 0.486 e. The normalized spacial score (nSPS) is 12.5. The van der Waals surface area contributed by atoms with Gasteiger partial charge < -0.3 is 24.7 Å². The molecule has 0 saturated heterocycles. The van der Waals surface area contributed by atoms with Crippen molar-refractivity contribution in [1.82, 2.24) is 14.9 Å². The molecule has 0 saturated carbocycles. The molecule has 3 heterocycles. The van der Waals surface area contributed by atoms with E-state index in [-0.39, 0.29) is 18.4 Å². The number of hydrogen-bond acceptors (Lipinski definition) is 6. The molecular formula is C19H18N4O4S. The third-order valence-corrected chi connectivity index (χ3v) is 4.85. The maximum Gasteiger partial charge on any atom is 0.253 e. The second-order valence-corrected chi connectivity index (χ2v) is 7.05. The minimum Gasteiger partial charge on any atom is -0.486 e. The number of amides is 2. The number of anilines is 1. The van der Waals surface area contributed by atoms with Crippen molar-refractivity contribution in [3.05, 3.63) is 47.6 Å². The van der Waals surface area contributed by atoms with E-state index in [4.69, 9.17) is 9.47 Å². The molecule has 0 fully saturated rings. The van der Waals surface area contributed by atoms with Crippen LogP contribution in [0.5, 0.6) is 11.5 Å². The predicted octanol–water partition coefficient (Wildman–Crippen LogP) is 2.29. The summed E-state index contributed by atoms with van der Waals surface area (Å²) in [5.41, 5.74) is 2.11. The predicted molar refractivity (Wildman–Crippen MR) is 105 cm³/mol. The van der Waals surface area contributed by atoms with Crippen LogP contribution >= 0.6 is 11.3 Å². The van der Waals surface area contributed by atoms with Crippen molar-refractivity contribution in [2.45, 2.75) is 0 Å². The minimum atomic E-state index is -0.340. The zero-order valence-corrected chi connectivity index (χ0v) is 15.9. The molecule has 2 N–H and O–H groups in total. The van der Waals surface area contributed by atoms with Crippen molar-refractivity contribution in [3.8, 4) is 22.8 Å². The Morgan fingerprint density at radius 2 is 2.04 bits per heavy atom. The standard InChI is InChI=1S/C19H18N4O4S/c1-23-5-4-13(10-23)18(25)20-9-17(24)22-19-21-14(11-28-19)12-2-3-15-16(8-12)27-7-6-26-15/h2-5,8,10-11H,6-7,9H2,1H3,(H,20,25)(H,21,22,24). The van der Waals surface area contributed by atoms with Crippen LogP contribution in [0, 0.1) is 0 Å². The van der Waals surface area contributed by atoms with E-state index >= 15 is 0 Å². The monoisotopic (exact) mass is 398 g/mol. The molecule has 0 unspecified atom stereocenters. The van der Waals surface area contributed by atoms with Crippen LogP contribution in [0.4, 0.5) is 5.13 Å². The van der Waals surface area contributed by atoms with Crippen molar-refractivity contribution in [2.24, 2.45) is 7.05 Å². The van der Waals surface area contributed by atoms with Crippen molar-refractivity contribution in [3.63, 3.8) is 0 Å². The first-order valence-corrected chi connectivity index (χ1v) is 9.52. The van der Waals surface area contributed by atoms with E-state index in [1.54, 1.807) is 23.0 Å². The molecule has 0 bridgehead atoms. The van der Waals surface area contributed by atoms with E-state index in [1.807, 2.05) is 30.6 Å². The number of nitrogens with zero attached hydrogens (tertiary/aromatic N) is 2. The van der Waals surface area contributed by atoms with Gasteiger partial charge in [0.05, 0.1) is 17.8 Å². The Labute approximate surface area is 165 Å². The third kappa shape index (κ3) is 3.99. The van der Waals surface area contributed by atoms with Gasteiger partial charge in [0.25, 0.3) is 5.91 Å². The Morgan fingerprint density at radius 3 is 2.82 bits per heavy atom. The fraction of sp³-hybridized carbons (Fsp3) is 0.211. The van der Waals surface area contributed by atoms with Crippen LogP contribution < -0.4 is 20.1 Å². The van der Waals surface area contributed by atoms with Gasteiger partial charge in [-0.25, -0.2) is 4.98 Å². The van der Waals surface area contributed by atoms with Crippen molar-refractivity contribution in [1.29, 1.82) is 0 Å². The van der Waals surface area contributed by atoms with Gasteiger partial charge in [0.15, 0.2) is 16.6 Å². The number of carbonyl (C=O) groups excluding carboxylic acids is 2. The second kappa shape index (κ2) is 7.73. The Hall–Kier alpha value is -3.33. The summed E-state index contributed by atoms with van der Waals surface area (Å²) in [7, 11) is 1.82. The number of rotatable bonds is 5. The summed E-state index contributed by atoms with van der Waals surface area (Å²) in [5, 5.41) is 7.60. The zero-order chi connectivity index (χ0) is 19.5. The van der Waals surface area contributed by atoms with E-state index < -0.39 is 0 Å². The molecular weight excluding hydrogens is 380 g/mol. The van der Waals surface area contributed by atoms with Gasteiger partial charge >= 0.3 is 0 Å². The summed E-state index contributed by atoms with van der Waals surface area (Å²) in [6.45, 7) is 0.927. The summed E-state index contributed by atoms with van der Waals surface area (Å²) < 4.78 is 12.9. The molecule has 0 atom stereocenters. The highest BCUT2D eigenvalue weighted by atomic mass is 32.1. The maximum atomic E-state index is 12.1. The molecule has 1 aliphatic heterocycles. The lowest BCUT2D eigenvalue weighted by molar-refractivity contribution is -0.115. The van der Waals surface area contributed by atoms with Crippen LogP contribution in [-0.2, 0) is 11.8 Å². The molecule has 8 nitrogen and oxygen atoms in total. The maximum absolute atomic E-state index is 12.1. The molecule has 0 spiro atoms. The fourth-order valence-corrected chi connectivity index (χ4v) is 3.47. The van der Waals surface area contributed by atoms with E-state index in [0.29, 0.717) is 35.4 Å². The molecule has 0 radical (unpaired) electrons. The minimum absolute atomic E-state index is 0.132. The molecule has 28 heavy (non-hydrogen) atoms. The molecule has 1 aliphatic rings. The van der Waals surface area contributed by atoms with E-state index in [1.165, 1.54) is 11.3 Å². The fourth-order valence-electron chi connectivity index (χ4n) is 2.73. The third-order valence-electron chi connectivity index (χ3n) is 4.09. The molecule has 1 aromatic carbocycles. The van der Waals surface area contributed by atoms with Crippen LogP contribution in [0.1, 0.15) is 10.4 Å². The van der Waals surface area contributed by atoms with Crippen LogP contribution in [0.25, 0.3) is 11.3 Å². The summed E-state index contributed by atoms with van der Waals surface area (Å²) in [6, 6.07) is 7.30. The van der Waals surface area contributed by atoms with Crippen LogP contribution in [0.15, 0.2) is 42.0 Å². The lowest BCUT2D eigenvalue weighted by Crippen LogP contribution is -2.32. The number of carbonyl (C=O) groups is 2. The molecule has 4 rings (SSSR count). The van der Waals surface area contributed by atoms with Crippen LogP contribution in [0.3, 0.4) is 0 Å². The van der Waals surface area contributed by atoms with Crippen LogP contribution in [-0.4, -0.2) is 41.1 Å². The topological polar surface area (TPSA) is 94.5 Å². The highest BCUT2D eigenvalue weighted by Crippen LogP contribution is 2.35. The molecule has 0 aliphatic carbocycles. The Balaban J connectivity index is 1.35. The lowest BCUT2D eigenvalue weighted by Gasteiger charge is -2.18. The smallest absolute Gasteiger partial charge is 0.253 e. The van der Waals surface area contributed by atoms with Gasteiger partial charge in [-0.05, 0) is 24.3 Å². The Bertz CT molecular complexity index is 1030. The first-order chi connectivity index (χ1) is 13.6. The number of hydrogen-bond donors (Lipinski definition) is 2. The van der Waals surface area contributed by atoms with Gasteiger partial charge in [-0.2, -0.15) is 0 Å². The first-order valence-electron chi connectivity index (χ1n) is 8.64. The summed E-state index contributed by atoms with van der Waals surface area (Å²) in [6.07, 6.45) is 3.46. The van der Waals surface area contributed by atoms with Crippen molar-refractivity contribution < 1.29 is 19.1 Å². The van der Waals surface area contributed by atoms with Gasteiger partial charge in [0.1, 0.15) is 13.2 Å². The van der Waals surface area contributed by atoms with Crippen LogP contribution in [0.2, 0.25) is 0 Å². The molecule has 3 aromatic rings. The van der Waals surface area contributed by atoms with Gasteiger partial charge in [-0.15, -0.1) is 11.3 Å². The molecule has 9 heteroatoms. The zero-order valence-electron chi connectivity index (χ0n) is 15.1. The first kappa shape index (κ1) is 18.1. The van der Waals surface area contributed by atoms with Gasteiger partial charge in [-0.3, -0.25) is 9.59 Å². The summed E-state index contributed by atoms with van der Waals surface area (Å²) in [4.78, 5) is 28.5. The molecule has 2 amide bonds.